The van der Waals surface area contributed by atoms with E-state index < -0.39 is 0 Å². The van der Waals surface area contributed by atoms with Crippen molar-refractivity contribution in [3.63, 3.8) is 0 Å². The van der Waals surface area contributed by atoms with Crippen LogP contribution in [0.4, 0.5) is 0 Å². The number of hydrogen-bond donors (Lipinski definition) is 2. The maximum absolute atomic E-state index is 6.00. The molecule has 0 aromatic heterocycles. The van der Waals surface area contributed by atoms with Crippen LogP contribution < -0.4 is 15.4 Å². The molecule has 2 rings (SSSR count). The fourth-order valence-electron chi connectivity index (χ4n) is 3.13. The second kappa shape index (κ2) is 15.9. The standard InChI is InChI=1S/C25H38N4O2.HI/c1-6-26-25(27-17-21-9-11-22(12-10-21)19-29(3)4)28-18-23-13-8-20(2)16-24(23)31-15-7-14-30-5;/h8-13,16H,6-7,14-15,17-19H2,1-5H3,(H2,26,27,28);1H. The lowest BCUT2D eigenvalue weighted by atomic mass is 10.1. The third kappa shape index (κ3) is 10.7. The summed E-state index contributed by atoms with van der Waals surface area (Å²) in [6.07, 6.45) is 0.870. The van der Waals surface area contributed by atoms with Crippen LogP contribution in [0.1, 0.15) is 35.6 Å². The van der Waals surface area contributed by atoms with Gasteiger partial charge in [-0.1, -0.05) is 36.4 Å². The number of benzene rings is 2. The van der Waals surface area contributed by atoms with Gasteiger partial charge in [0.1, 0.15) is 5.75 Å². The summed E-state index contributed by atoms with van der Waals surface area (Å²) < 4.78 is 11.1. The molecular formula is C25H39IN4O2. The van der Waals surface area contributed by atoms with E-state index in [1.165, 1.54) is 16.7 Å². The number of nitrogens with one attached hydrogen (secondary N) is 2. The van der Waals surface area contributed by atoms with Gasteiger partial charge in [0.2, 0.25) is 0 Å². The molecule has 0 aliphatic carbocycles. The van der Waals surface area contributed by atoms with Crippen LogP contribution in [-0.2, 0) is 24.4 Å². The van der Waals surface area contributed by atoms with E-state index in [1.807, 2.05) is 0 Å². The second-order valence-electron chi connectivity index (χ2n) is 7.91. The van der Waals surface area contributed by atoms with Crippen molar-refractivity contribution in [1.29, 1.82) is 0 Å². The minimum Gasteiger partial charge on any atom is -0.493 e. The molecule has 0 saturated carbocycles. The summed E-state index contributed by atoms with van der Waals surface area (Å²) in [7, 11) is 5.87. The average Bonchev–Trinajstić information content (AvgIpc) is 2.75. The highest BCUT2D eigenvalue weighted by atomic mass is 127. The van der Waals surface area contributed by atoms with E-state index in [9.17, 15) is 0 Å². The maximum atomic E-state index is 6.00. The van der Waals surface area contributed by atoms with Gasteiger partial charge in [-0.2, -0.15) is 0 Å². The van der Waals surface area contributed by atoms with E-state index in [0.29, 0.717) is 26.3 Å². The molecule has 0 amide bonds. The molecule has 0 fully saturated rings. The Morgan fingerprint density at radius 3 is 2.38 bits per heavy atom. The maximum Gasteiger partial charge on any atom is 0.191 e. The predicted molar refractivity (Wildman–Crippen MR) is 144 cm³/mol. The summed E-state index contributed by atoms with van der Waals surface area (Å²) in [5.41, 5.74) is 4.79. The van der Waals surface area contributed by atoms with Crippen molar-refractivity contribution < 1.29 is 9.47 Å². The van der Waals surface area contributed by atoms with Crippen LogP contribution in [0.5, 0.6) is 5.75 Å². The molecule has 178 valence electrons. The SMILES string of the molecule is CCNC(=NCc1ccc(CN(C)C)cc1)NCc1ccc(C)cc1OCCCOC.I. The highest BCUT2D eigenvalue weighted by Gasteiger charge is 2.06. The molecule has 0 heterocycles. The molecule has 0 saturated heterocycles. The van der Waals surface area contributed by atoms with Gasteiger partial charge in [0, 0.05) is 45.3 Å². The summed E-state index contributed by atoms with van der Waals surface area (Å²) in [5, 5.41) is 6.76. The van der Waals surface area contributed by atoms with Crippen molar-refractivity contribution in [1.82, 2.24) is 15.5 Å². The highest BCUT2D eigenvalue weighted by Crippen LogP contribution is 2.20. The Labute approximate surface area is 210 Å². The summed E-state index contributed by atoms with van der Waals surface area (Å²) in [6.45, 7) is 8.52. The zero-order valence-electron chi connectivity index (χ0n) is 20.1. The third-order valence-electron chi connectivity index (χ3n) is 4.71. The minimum absolute atomic E-state index is 0. The van der Waals surface area contributed by atoms with Crippen LogP contribution in [0.25, 0.3) is 0 Å². The molecule has 0 aliphatic rings. The molecule has 2 aromatic carbocycles. The van der Waals surface area contributed by atoms with Crippen LogP contribution >= 0.6 is 24.0 Å². The van der Waals surface area contributed by atoms with Crippen molar-refractivity contribution in [3.8, 4) is 5.75 Å². The van der Waals surface area contributed by atoms with Crippen molar-refractivity contribution >= 4 is 29.9 Å². The van der Waals surface area contributed by atoms with Crippen LogP contribution in [-0.4, -0.2) is 51.8 Å². The lowest BCUT2D eigenvalue weighted by molar-refractivity contribution is 0.171. The molecule has 0 atom stereocenters. The Hall–Kier alpha value is -1.84. The highest BCUT2D eigenvalue weighted by molar-refractivity contribution is 14.0. The molecule has 7 heteroatoms. The van der Waals surface area contributed by atoms with Gasteiger partial charge in [0.05, 0.1) is 13.2 Å². The van der Waals surface area contributed by atoms with Crippen LogP contribution in [0.15, 0.2) is 47.5 Å². The van der Waals surface area contributed by atoms with Crippen LogP contribution in [0.2, 0.25) is 0 Å². The number of aliphatic imine (C=N–C) groups is 1. The quantitative estimate of drug-likeness (QED) is 0.177. The van der Waals surface area contributed by atoms with Gasteiger partial charge in [0.25, 0.3) is 0 Å². The van der Waals surface area contributed by atoms with Gasteiger partial charge in [0.15, 0.2) is 5.96 Å². The molecule has 0 radical (unpaired) electrons. The van der Waals surface area contributed by atoms with Crippen molar-refractivity contribution in [2.75, 3.05) is 41.0 Å². The Morgan fingerprint density at radius 2 is 1.72 bits per heavy atom. The lowest BCUT2D eigenvalue weighted by Gasteiger charge is -2.15. The second-order valence-corrected chi connectivity index (χ2v) is 7.91. The molecular weight excluding hydrogens is 515 g/mol. The average molecular weight is 555 g/mol. The first-order chi connectivity index (χ1) is 15.0. The van der Waals surface area contributed by atoms with Gasteiger partial charge in [-0.25, -0.2) is 4.99 Å². The molecule has 2 N–H and O–H groups in total. The number of halogens is 1. The number of methoxy groups -OCH3 is 1. The molecule has 0 unspecified atom stereocenters. The van der Waals surface area contributed by atoms with E-state index in [2.05, 4.69) is 85.9 Å². The van der Waals surface area contributed by atoms with Gasteiger partial charge in [-0.3, -0.25) is 0 Å². The van der Waals surface area contributed by atoms with Crippen LogP contribution in [0.3, 0.4) is 0 Å². The summed E-state index contributed by atoms with van der Waals surface area (Å²) in [4.78, 5) is 6.92. The Bertz CT molecular complexity index is 810. The molecule has 0 aliphatic heterocycles. The number of rotatable bonds is 12. The Morgan fingerprint density at radius 1 is 1.00 bits per heavy atom. The lowest BCUT2D eigenvalue weighted by Crippen LogP contribution is -2.36. The minimum atomic E-state index is 0. The molecule has 32 heavy (non-hydrogen) atoms. The first kappa shape index (κ1) is 28.2. The van der Waals surface area contributed by atoms with Crippen molar-refractivity contribution in [3.05, 3.63) is 64.7 Å². The first-order valence-electron chi connectivity index (χ1n) is 11.0. The van der Waals surface area contributed by atoms with Crippen LogP contribution in [0, 0.1) is 6.92 Å². The number of hydrogen-bond acceptors (Lipinski definition) is 4. The molecule has 0 bridgehead atoms. The van der Waals surface area contributed by atoms with Gasteiger partial charge in [-0.05, 0) is 50.7 Å². The molecule has 6 nitrogen and oxygen atoms in total. The number of ether oxygens (including phenoxy) is 2. The smallest absolute Gasteiger partial charge is 0.191 e. The van der Waals surface area contributed by atoms with E-state index >= 15 is 0 Å². The van der Waals surface area contributed by atoms with E-state index in [4.69, 9.17) is 14.5 Å². The van der Waals surface area contributed by atoms with E-state index in [-0.39, 0.29) is 24.0 Å². The molecule has 2 aromatic rings. The number of aryl methyl sites for hydroxylation is 1. The number of nitrogens with zero attached hydrogens (tertiary/aromatic N) is 2. The Kier molecular flexibility index (Phi) is 14.0. The summed E-state index contributed by atoms with van der Waals surface area (Å²) in [5.74, 6) is 1.71. The fraction of sp³-hybridized carbons (Fsp3) is 0.480. The zero-order valence-corrected chi connectivity index (χ0v) is 22.4. The van der Waals surface area contributed by atoms with Gasteiger partial charge >= 0.3 is 0 Å². The van der Waals surface area contributed by atoms with Gasteiger partial charge < -0.3 is 25.0 Å². The Balaban J connectivity index is 0.00000512. The first-order valence-corrected chi connectivity index (χ1v) is 11.0. The predicted octanol–water partition coefficient (Wildman–Crippen LogP) is 4.35. The topological polar surface area (TPSA) is 58.1 Å². The number of guanidine groups is 1. The zero-order chi connectivity index (χ0) is 22.5. The van der Waals surface area contributed by atoms with Crippen molar-refractivity contribution in [2.24, 2.45) is 4.99 Å². The summed E-state index contributed by atoms with van der Waals surface area (Å²) >= 11 is 0. The van der Waals surface area contributed by atoms with Crippen molar-refractivity contribution in [2.45, 2.75) is 39.9 Å². The third-order valence-corrected chi connectivity index (χ3v) is 4.71. The normalized spacial score (nSPS) is 11.2. The largest absolute Gasteiger partial charge is 0.493 e. The monoisotopic (exact) mass is 554 g/mol. The van der Waals surface area contributed by atoms with E-state index in [1.54, 1.807) is 7.11 Å². The fourth-order valence-corrected chi connectivity index (χ4v) is 3.13. The van der Waals surface area contributed by atoms with E-state index in [0.717, 1.165) is 36.8 Å². The molecule has 0 spiro atoms. The summed E-state index contributed by atoms with van der Waals surface area (Å²) in [6, 6.07) is 15.0. The van der Waals surface area contributed by atoms with Gasteiger partial charge in [-0.15, -0.1) is 24.0 Å².